The number of unbranched alkanes of at least 4 members (excludes halogenated alkanes) is 3. The van der Waals surface area contributed by atoms with E-state index in [9.17, 15) is 14.4 Å². The summed E-state index contributed by atoms with van der Waals surface area (Å²) in [6, 6.07) is -0.581. The molecule has 1 amide bonds. The summed E-state index contributed by atoms with van der Waals surface area (Å²) in [7, 11) is 0. The summed E-state index contributed by atoms with van der Waals surface area (Å²) in [5.74, 6) is -0.799. The Hall–Kier alpha value is -1.39. The van der Waals surface area contributed by atoms with Gasteiger partial charge in [0.15, 0.2) is 0 Å². The van der Waals surface area contributed by atoms with Crippen LogP contribution in [0.1, 0.15) is 71.6 Å². The summed E-state index contributed by atoms with van der Waals surface area (Å²) < 4.78 is 5.22. The minimum absolute atomic E-state index is 0.0603. The Kier molecular flexibility index (Phi) is 8.01. The van der Waals surface area contributed by atoms with Gasteiger partial charge in [0.05, 0.1) is 6.42 Å². The second-order valence-corrected chi connectivity index (χ2v) is 5.73. The van der Waals surface area contributed by atoms with Gasteiger partial charge in [0, 0.05) is 12.8 Å². The Morgan fingerprint density at radius 3 is 2.57 bits per heavy atom. The Bertz CT molecular complexity index is 367. The molecule has 1 heterocycles. The van der Waals surface area contributed by atoms with E-state index in [1.807, 2.05) is 0 Å². The monoisotopic (exact) mass is 297 g/mol. The fourth-order valence-corrected chi connectivity index (χ4v) is 2.47. The van der Waals surface area contributed by atoms with Gasteiger partial charge in [-0.15, -0.1) is 0 Å². The first-order valence-corrected chi connectivity index (χ1v) is 8.08. The molecule has 0 spiro atoms. The highest BCUT2D eigenvalue weighted by Crippen LogP contribution is 2.20. The average Bonchev–Trinajstić information content (AvgIpc) is 2.77. The van der Waals surface area contributed by atoms with E-state index in [0.717, 1.165) is 38.5 Å². The summed E-state index contributed by atoms with van der Waals surface area (Å²) in [5.41, 5.74) is 0. The first-order chi connectivity index (χ1) is 10.1. The molecular formula is C16H27NO4. The number of rotatable bonds is 10. The second kappa shape index (κ2) is 9.53. The molecule has 21 heavy (non-hydrogen) atoms. The molecule has 1 saturated heterocycles. The van der Waals surface area contributed by atoms with Crippen molar-refractivity contribution in [3.63, 3.8) is 0 Å². The van der Waals surface area contributed by atoms with Gasteiger partial charge in [-0.05, 0) is 12.8 Å². The van der Waals surface area contributed by atoms with E-state index < -0.39 is 6.04 Å². The number of amides is 1. The van der Waals surface area contributed by atoms with Crippen molar-refractivity contribution >= 4 is 17.7 Å². The molecule has 0 radical (unpaired) electrons. The third-order valence-corrected chi connectivity index (χ3v) is 3.70. The van der Waals surface area contributed by atoms with Crippen LogP contribution in [0, 0.1) is 0 Å². The fourth-order valence-electron chi connectivity index (χ4n) is 2.47. The maximum atomic E-state index is 11.8. The molecule has 0 aromatic rings. The van der Waals surface area contributed by atoms with Gasteiger partial charge in [-0.1, -0.05) is 39.5 Å². The van der Waals surface area contributed by atoms with Crippen molar-refractivity contribution in [1.29, 1.82) is 0 Å². The van der Waals surface area contributed by atoms with Crippen molar-refractivity contribution in [3.8, 4) is 0 Å². The van der Waals surface area contributed by atoms with Crippen molar-refractivity contribution in [1.82, 2.24) is 5.32 Å². The number of hydrogen-bond donors (Lipinski definition) is 1. The molecule has 2 atom stereocenters. The summed E-state index contributed by atoms with van der Waals surface area (Å²) in [6.07, 6.45) is 6.51. The number of carbonyl (C=O) groups excluding carboxylic acids is 3. The van der Waals surface area contributed by atoms with Gasteiger partial charge >= 0.3 is 5.97 Å². The maximum absolute atomic E-state index is 11.8. The molecule has 120 valence electrons. The number of Topliss-reactive ketones (excluding diaryl/α,β-unsaturated/α-hetero) is 1. The first-order valence-electron chi connectivity index (χ1n) is 8.08. The van der Waals surface area contributed by atoms with Crippen LogP contribution in [0.3, 0.4) is 0 Å². The number of nitrogens with one attached hydrogen (secondary N) is 1. The van der Waals surface area contributed by atoms with Crippen LogP contribution in [0.4, 0.5) is 0 Å². The minimum atomic E-state index is -0.581. The van der Waals surface area contributed by atoms with Gasteiger partial charge in [-0.2, -0.15) is 0 Å². The van der Waals surface area contributed by atoms with Crippen LogP contribution in [0.25, 0.3) is 0 Å². The fraction of sp³-hybridized carbons (Fsp3) is 0.812. The SMILES string of the molecule is CCCCCC(=O)CC(=O)N[C@H]1C[C@H](CCCC)OC1=O. The smallest absolute Gasteiger partial charge is 0.329 e. The van der Waals surface area contributed by atoms with Gasteiger partial charge in [-0.25, -0.2) is 4.79 Å². The largest absolute Gasteiger partial charge is 0.461 e. The third kappa shape index (κ3) is 6.74. The topological polar surface area (TPSA) is 72.5 Å². The number of cyclic esters (lactones) is 1. The molecule has 1 fully saturated rings. The van der Waals surface area contributed by atoms with Crippen molar-refractivity contribution in [2.75, 3.05) is 0 Å². The highest BCUT2D eigenvalue weighted by Gasteiger charge is 2.35. The molecular weight excluding hydrogens is 270 g/mol. The quantitative estimate of drug-likeness (QED) is 0.382. The van der Waals surface area contributed by atoms with Gasteiger partial charge in [0.1, 0.15) is 17.9 Å². The number of ether oxygens (including phenoxy) is 1. The van der Waals surface area contributed by atoms with Crippen LogP contribution in [-0.4, -0.2) is 29.8 Å². The molecule has 0 aromatic heterocycles. The van der Waals surface area contributed by atoms with Crippen LogP contribution in [0.15, 0.2) is 0 Å². The van der Waals surface area contributed by atoms with Crippen LogP contribution < -0.4 is 5.32 Å². The maximum Gasteiger partial charge on any atom is 0.329 e. The van der Waals surface area contributed by atoms with Crippen molar-refractivity contribution in [2.45, 2.75) is 83.8 Å². The van der Waals surface area contributed by atoms with Crippen LogP contribution in [-0.2, 0) is 19.1 Å². The predicted molar refractivity (Wildman–Crippen MR) is 79.7 cm³/mol. The van der Waals surface area contributed by atoms with Gasteiger partial charge < -0.3 is 10.1 Å². The van der Waals surface area contributed by atoms with E-state index in [-0.39, 0.29) is 30.2 Å². The zero-order chi connectivity index (χ0) is 15.7. The summed E-state index contributed by atoms with van der Waals surface area (Å²) in [6.45, 7) is 4.15. The molecule has 1 N–H and O–H groups in total. The lowest BCUT2D eigenvalue weighted by atomic mass is 10.1. The van der Waals surface area contributed by atoms with E-state index in [0.29, 0.717) is 12.8 Å². The molecule has 0 bridgehead atoms. The van der Waals surface area contributed by atoms with Crippen molar-refractivity contribution in [2.24, 2.45) is 0 Å². The van der Waals surface area contributed by atoms with Crippen molar-refractivity contribution in [3.05, 3.63) is 0 Å². The number of esters is 1. The zero-order valence-corrected chi connectivity index (χ0v) is 13.2. The highest BCUT2D eigenvalue weighted by molar-refractivity contribution is 5.99. The second-order valence-electron chi connectivity index (χ2n) is 5.73. The van der Waals surface area contributed by atoms with Gasteiger partial charge in [0.2, 0.25) is 5.91 Å². The average molecular weight is 297 g/mol. The molecule has 0 saturated carbocycles. The molecule has 1 aliphatic rings. The van der Waals surface area contributed by atoms with Crippen LogP contribution in [0.5, 0.6) is 0 Å². The van der Waals surface area contributed by atoms with E-state index in [4.69, 9.17) is 4.74 Å². The summed E-state index contributed by atoms with van der Waals surface area (Å²) >= 11 is 0. The molecule has 0 aliphatic carbocycles. The first kappa shape index (κ1) is 17.7. The van der Waals surface area contributed by atoms with Gasteiger partial charge in [-0.3, -0.25) is 9.59 Å². The Morgan fingerprint density at radius 2 is 1.90 bits per heavy atom. The normalized spacial score (nSPS) is 21.1. The lowest BCUT2D eigenvalue weighted by Gasteiger charge is -2.08. The molecule has 1 rings (SSSR count). The highest BCUT2D eigenvalue weighted by atomic mass is 16.6. The van der Waals surface area contributed by atoms with E-state index in [1.54, 1.807) is 0 Å². The number of ketones is 1. The summed E-state index contributed by atoms with van der Waals surface area (Å²) in [4.78, 5) is 35.0. The van der Waals surface area contributed by atoms with Crippen molar-refractivity contribution < 1.29 is 19.1 Å². The van der Waals surface area contributed by atoms with Crippen LogP contribution >= 0.6 is 0 Å². The van der Waals surface area contributed by atoms with Gasteiger partial charge in [0.25, 0.3) is 0 Å². The third-order valence-electron chi connectivity index (χ3n) is 3.70. The van der Waals surface area contributed by atoms with Crippen LogP contribution in [0.2, 0.25) is 0 Å². The van der Waals surface area contributed by atoms with E-state index >= 15 is 0 Å². The zero-order valence-electron chi connectivity index (χ0n) is 13.2. The van der Waals surface area contributed by atoms with E-state index in [2.05, 4.69) is 19.2 Å². The lowest BCUT2D eigenvalue weighted by molar-refractivity contribution is -0.144. The molecule has 5 nitrogen and oxygen atoms in total. The minimum Gasteiger partial charge on any atom is -0.461 e. The molecule has 5 heteroatoms. The van der Waals surface area contributed by atoms with E-state index in [1.165, 1.54) is 0 Å². The Morgan fingerprint density at radius 1 is 1.19 bits per heavy atom. The molecule has 0 aromatic carbocycles. The Labute approximate surface area is 126 Å². The number of hydrogen-bond acceptors (Lipinski definition) is 4. The molecule has 1 aliphatic heterocycles. The number of carbonyl (C=O) groups is 3. The Balaban J connectivity index is 2.27. The lowest BCUT2D eigenvalue weighted by Crippen LogP contribution is -2.38. The summed E-state index contributed by atoms with van der Waals surface area (Å²) in [5, 5.41) is 2.62. The predicted octanol–water partition coefficient (Wildman–Crippen LogP) is 2.52. The molecule has 0 unspecified atom stereocenters. The standard InChI is InChI=1S/C16H27NO4/c1-3-5-7-8-12(18)10-15(19)17-14-11-13(9-6-4-2)21-16(14)20/h13-14H,3-11H2,1-2H3,(H,17,19)/t13-,14-/m0/s1.